The minimum atomic E-state index is 0. The number of hydrogen-bond acceptors (Lipinski definition) is 4. The SMILES string of the molecule is Cc1c[c-]c(-c2cc(-c3ccccc3)c(C)cn2)cc1.Cc1cnc(-c2[c-]cc3c4c2Oc2ccccc2B4c2ccccc2O3)cc1-c1ccccc1.[Ir]. The van der Waals surface area contributed by atoms with E-state index in [-0.39, 0.29) is 26.8 Å². The van der Waals surface area contributed by atoms with Crippen molar-refractivity contribution in [2.75, 3.05) is 0 Å². The maximum absolute atomic E-state index is 6.55. The van der Waals surface area contributed by atoms with E-state index in [9.17, 15) is 0 Å². The molecule has 4 heterocycles. The average Bonchev–Trinajstić information content (AvgIpc) is 3.22. The van der Waals surface area contributed by atoms with Crippen molar-refractivity contribution in [1.29, 1.82) is 0 Å². The van der Waals surface area contributed by atoms with E-state index in [4.69, 9.17) is 14.5 Å². The first-order valence-electron chi connectivity index (χ1n) is 18.2. The zero-order valence-corrected chi connectivity index (χ0v) is 33.0. The summed E-state index contributed by atoms with van der Waals surface area (Å²) in [7, 11) is 0. The third-order valence-electron chi connectivity index (χ3n) is 10.1. The summed E-state index contributed by atoms with van der Waals surface area (Å²) in [6.07, 6.45) is 3.86. The smallest absolute Gasteiger partial charge is 0.239 e. The summed E-state index contributed by atoms with van der Waals surface area (Å²) in [4.78, 5) is 9.32. The Kier molecular flexibility index (Phi) is 10.0. The minimum absolute atomic E-state index is 0. The molecular weight excluding hydrogens is 852 g/mol. The second-order valence-corrected chi connectivity index (χ2v) is 13.8. The van der Waals surface area contributed by atoms with Gasteiger partial charge < -0.3 is 19.4 Å². The fraction of sp³-hybridized carbons (Fsp3) is 0.0612. The van der Waals surface area contributed by atoms with Crippen molar-refractivity contribution >= 4 is 23.1 Å². The molecule has 0 atom stereocenters. The van der Waals surface area contributed by atoms with Gasteiger partial charge in [-0.3, -0.25) is 0 Å². The Balaban J connectivity index is 0.000000175. The van der Waals surface area contributed by atoms with E-state index in [0.29, 0.717) is 0 Å². The third-order valence-corrected chi connectivity index (χ3v) is 10.1. The molecule has 55 heavy (non-hydrogen) atoms. The summed E-state index contributed by atoms with van der Waals surface area (Å²) < 4.78 is 12.9. The summed E-state index contributed by atoms with van der Waals surface area (Å²) in [5.41, 5.74) is 15.3. The molecule has 0 saturated carbocycles. The number of hydrogen-bond donors (Lipinski definition) is 0. The van der Waals surface area contributed by atoms with Crippen LogP contribution in [0.5, 0.6) is 23.0 Å². The minimum Gasteiger partial charge on any atom is -0.503 e. The van der Waals surface area contributed by atoms with Gasteiger partial charge >= 0.3 is 0 Å². The van der Waals surface area contributed by atoms with Crippen LogP contribution >= 0.6 is 0 Å². The second kappa shape index (κ2) is 15.4. The number of aryl methyl sites for hydroxylation is 3. The van der Waals surface area contributed by atoms with Gasteiger partial charge in [-0.15, -0.1) is 47.5 Å². The number of pyridine rings is 2. The Morgan fingerprint density at radius 2 is 1.07 bits per heavy atom. The van der Waals surface area contributed by atoms with Crippen LogP contribution in [0, 0.1) is 32.9 Å². The molecule has 0 spiro atoms. The van der Waals surface area contributed by atoms with E-state index in [0.717, 1.165) is 78.6 Å². The molecule has 0 unspecified atom stereocenters. The maximum atomic E-state index is 6.55. The topological polar surface area (TPSA) is 44.2 Å². The Morgan fingerprint density at radius 1 is 0.527 bits per heavy atom. The van der Waals surface area contributed by atoms with Crippen LogP contribution in [0.25, 0.3) is 44.8 Å². The number of rotatable bonds is 4. The molecule has 4 nitrogen and oxygen atoms in total. The maximum Gasteiger partial charge on any atom is 0.239 e. The van der Waals surface area contributed by atoms with Crippen molar-refractivity contribution in [2.24, 2.45) is 0 Å². The van der Waals surface area contributed by atoms with Crippen molar-refractivity contribution in [3.05, 3.63) is 187 Å². The van der Waals surface area contributed by atoms with Crippen LogP contribution in [-0.4, -0.2) is 16.7 Å². The molecule has 0 N–H and O–H groups in total. The van der Waals surface area contributed by atoms with Crippen LogP contribution in [0.3, 0.4) is 0 Å². The zero-order valence-electron chi connectivity index (χ0n) is 30.6. The molecule has 6 heteroatoms. The first-order valence-corrected chi connectivity index (χ1v) is 18.2. The Labute approximate surface area is 336 Å². The van der Waals surface area contributed by atoms with Gasteiger partial charge in [0, 0.05) is 44.0 Å². The molecule has 0 fully saturated rings. The van der Waals surface area contributed by atoms with E-state index in [1.165, 1.54) is 22.3 Å². The summed E-state index contributed by atoms with van der Waals surface area (Å²) >= 11 is 0. The number of nitrogens with zero attached hydrogens (tertiary/aromatic N) is 2. The third kappa shape index (κ3) is 6.92. The van der Waals surface area contributed by atoms with Crippen LogP contribution in [0.15, 0.2) is 158 Å². The molecular formula is C49H35BIrN2O2-2. The summed E-state index contributed by atoms with van der Waals surface area (Å²) in [5.74, 6) is 3.29. The molecule has 10 rings (SSSR count). The zero-order chi connectivity index (χ0) is 36.6. The van der Waals surface area contributed by atoms with Gasteiger partial charge in [-0.1, -0.05) is 127 Å². The van der Waals surface area contributed by atoms with Crippen molar-refractivity contribution in [2.45, 2.75) is 20.8 Å². The predicted octanol–water partition coefficient (Wildman–Crippen LogP) is 10.1. The Morgan fingerprint density at radius 3 is 1.67 bits per heavy atom. The molecule has 2 aromatic heterocycles. The molecule has 2 aliphatic heterocycles. The largest absolute Gasteiger partial charge is 0.503 e. The van der Waals surface area contributed by atoms with E-state index >= 15 is 0 Å². The van der Waals surface area contributed by atoms with Crippen LogP contribution in [0.1, 0.15) is 16.7 Å². The molecule has 1 radical (unpaired) electrons. The number of para-hydroxylation sites is 2. The van der Waals surface area contributed by atoms with Crippen LogP contribution in [0.4, 0.5) is 0 Å². The summed E-state index contributed by atoms with van der Waals surface area (Å²) in [6, 6.07) is 56.4. The molecule has 2 aliphatic rings. The molecule has 8 aromatic rings. The van der Waals surface area contributed by atoms with Crippen molar-refractivity contribution in [3.63, 3.8) is 0 Å². The first kappa shape index (κ1) is 35.9. The van der Waals surface area contributed by atoms with Gasteiger partial charge in [0.05, 0.1) is 0 Å². The number of aromatic nitrogens is 2. The fourth-order valence-corrected chi connectivity index (χ4v) is 7.36. The molecule has 0 amide bonds. The second-order valence-electron chi connectivity index (χ2n) is 13.8. The first-order chi connectivity index (χ1) is 26.5. The van der Waals surface area contributed by atoms with Gasteiger partial charge in [0.15, 0.2) is 0 Å². The molecule has 0 bridgehead atoms. The van der Waals surface area contributed by atoms with Crippen LogP contribution in [-0.2, 0) is 20.1 Å². The summed E-state index contributed by atoms with van der Waals surface area (Å²) in [6.45, 7) is 6.29. The number of ether oxygens (including phenoxy) is 2. The van der Waals surface area contributed by atoms with Gasteiger partial charge in [-0.2, -0.15) is 0 Å². The van der Waals surface area contributed by atoms with E-state index in [1.807, 2.05) is 60.9 Å². The van der Waals surface area contributed by atoms with Gasteiger partial charge in [0.2, 0.25) is 6.71 Å². The molecule has 267 valence electrons. The van der Waals surface area contributed by atoms with E-state index in [2.05, 4.69) is 135 Å². The number of fused-ring (bicyclic) bond motifs is 4. The molecule has 6 aromatic carbocycles. The normalized spacial score (nSPS) is 11.7. The predicted molar refractivity (Wildman–Crippen MR) is 220 cm³/mol. The Bertz CT molecular complexity index is 2640. The molecule has 0 aliphatic carbocycles. The standard InChI is InChI=1S/C30H19BNO2.C19H16N.Ir/c1-19-18-32-25(17-22(19)20-9-3-2-4-10-20)21-15-16-28-29-30(21)34-27-14-8-6-12-24(27)31(29)23-11-5-7-13-26(23)33-28;1-14-8-10-17(11-9-14)19-12-18(15(2)13-20-19)16-6-4-3-5-7-16;/h2-14,16-18H,1H3;3-10,12-13H,1-2H3;/q2*-1;. The monoisotopic (exact) mass is 887 g/mol. The van der Waals surface area contributed by atoms with Gasteiger partial charge in [-0.05, 0) is 81.7 Å². The number of benzene rings is 6. The van der Waals surface area contributed by atoms with Gasteiger partial charge in [0.1, 0.15) is 11.5 Å². The van der Waals surface area contributed by atoms with Crippen LogP contribution < -0.4 is 25.9 Å². The van der Waals surface area contributed by atoms with Gasteiger partial charge in [-0.25, -0.2) is 0 Å². The summed E-state index contributed by atoms with van der Waals surface area (Å²) in [5, 5.41) is 0. The fourth-order valence-electron chi connectivity index (χ4n) is 7.36. The Hall–Kier alpha value is -6.07. The van der Waals surface area contributed by atoms with Crippen molar-refractivity contribution < 1.29 is 29.6 Å². The average molecular weight is 887 g/mol. The van der Waals surface area contributed by atoms with E-state index in [1.54, 1.807) is 0 Å². The van der Waals surface area contributed by atoms with Gasteiger partial charge in [0.25, 0.3) is 0 Å². The van der Waals surface area contributed by atoms with Crippen molar-refractivity contribution in [3.8, 4) is 67.8 Å². The van der Waals surface area contributed by atoms with E-state index < -0.39 is 0 Å². The van der Waals surface area contributed by atoms with Crippen molar-refractivity contribution in [1.82, 2.24) is 9.97 Å². The van der Waals surface area contributed by atoms with Crippen LogP contribution in [0.2, 0.25) is 0 Å². The molecule has 0 saturated heterocycles. The quantitative estimate of drug-likeness (QED) is 0.131.